The second kappa shape index (κ2) is 7.02. The lowest BCUT2D eigenvalue weighted by molar-refractivity contribution is 0.210. The highest BCUT2D eigenvalue weighted by Gasteiger charge is 2.06. The molecule has 0 radical (unpaired) electrons. The summed E-state index contributed by atoms with van der Waals surface area (Å²) < 4.78 is 11.1. The minimum atomic E-state index is -0.144. The maximum Gasteiger partial charge on any atom is 0.126 e. The van der Waals surface area contributed by atoms with E-state index in [1.807, 2.05) is 30.3 Å². The summed E-state index contributed by atoms with van der Waals surface area (Å²) in [7, 11) is 0. The summed E-state index contributed by atoms with van der Waals surface area (Å²) in [5.74, 6) is 1.39. The van der Waals surface area contributed by atoms with Crippen molar-refractivity contribution in [1.29, 1.82) is 0 Å². The lowest BCUT2D eigenvalue weighted by atomic mass is 10.2. The fraction of sp³-hybridized carbons (Fsp3) is 0.200. The molecule has 0 aliphatic heterocycles. The third-order valence-corrected chi connectivity index (χ3v) is 2.94. The van der Waals surface area contributed by atoms with Gasteiger partial charge in [-0.25, -0.2) is 0 Å². The molecule has 4 heteroatoms. The standard InChI is InChI=1S/C15H15ClO3/c16-14-7-4-8-15(13(14)11-17)19-10-9-18-12-5-2-1-3-6-12/h1-8,17H,9-11H2. The quantitative estimate of drug-likeness (QED) is 0.824. The van der Waals surface area contributed by atoms with Crippen LogP contribution >= 0.6 is 11.6 Å². The van der Waals surface area contributed by atoms with Crippen LogP contribution < -0.4 is 9.47 Å². The van der Waals surface area contributed by atoms with E-state index in [-0.39, 0.29) is 6.61 Å². The molecule has 2 aromatic rings. The van der Waals surface area contributed by atoms with Gasteiger partial charge in [-0.3, -0.25) is 0 Å². The lowest BCUT2D eigenvalue weighted by Gasteiger charge is -2.12. The number of ether oxygens (including phenoxy) is 2. The minimum absolute atomic E-state index is 0.144. The van der Waals surface area contributed by atoms with Crippen molar-refractivity contribution in [2.45, 2.75) is 6.61 Å². The van der Waals surface area contributed by atoms with Crippen LogP contribution in [0.25, 0.3) is 0 Å². The van der Waals surface area contributed by atoms with E-state index in [9.17, 15) is 5.11 Å². The van der Waals surface area contributed by atoms with Crippen molar-refractivity contribution in [3.8, 4) is 11.5 Å². The molecule has 0 spiro atoms. The Hall–Kier alpha value is -1.71. The van der Waals surface area contributed by atoms with Crippen molar-refractivity contribution < 1.29 is 14.6 Å². The maximum absolute atomic E-state index is 9.24. The van der Waals surface area contributed by atoms with Crippen LogP contribution in [0.2, 0.25) is 5.02 Å². The van der Waals surface area contributed by atoms with Crippen LogP contribution in [0, 0.1) is 0 Å². The van der Waals surface area contributed by atoms with E-state index in [1.54, 1.807) is 18.2 Å². The first-order valence-corrected chi connectivity index (χ1v) is 6.38. The number of halogens is 1. The van der Waals surface area contributed by atoms with Gasteiger partial charge in [0.2, 0.25) is 0 Å². The van der Waals surface area contributed by atoms with Gasteiger partial charge in [-0.2, -0.15) is 0 Å². The molecule has 0 bridgehead atoms. The topological polar surface area (TPSA) is 38.7 Å². The largest absolute Gasteiger partial charge is 0.490 e. The molecular weight excluding hydrogens is 264 g/mol. The van der Waals surface area contributed by atoms with Gasteiger partial charge in [0, 0.05) is 10.6 Å². The van der Waals surface area contributed by atoms with Gasteiger partial charge in [0.25, 0.3) is 0 Å². The van der Waals surface area contributed by atoms with Crippen LogP contribution in [0.5, 0.6) is 11.5 Å². The Labute approximate surface area is 117 Å². The van der Waals surface area contributed by atoms with Gasteiger partial charge in [0.05, 0.1) is 6.61 Å². The van der Waals surface area contributed by atoms with Crippen LogP contribution in [0.1, 0.15) is 5.56 Å². The summed E-state index contributed by atoms with van der Waals surface area (Å²) in [6, 6.07) is 14.8. The summed E-state index contributed by atoms with van der Waals surface area (Å²) in [5, 5.41) is 9.74. The highest BCUT2D eigenvalue weighted by atomic mass is 35.5. The van der Waals surface area contributed by atoms with Gasteiger partial charge in [-0.15, -0.1) is 0 Å². The van der Waals surface area contributed by atoms with Crippen molar-refractivity contribution >= 4 is 11.6 Å². The van der Waals surface area contributed by atoms with Crippen LogP contribution in [-0.4, -0.2) is 18.3 Å². The van der Waals surface area contributed by atoms with E-state index < -0.39 is 0 Å². The molecule has 0 fully saturated rings. The van der Waals surface area contributed by atoms with E-state index in [0.717, 1.165) is 5.75 Å². The maximum atomic E-state index is 9.24. The van der Waals surface area contributed by atoms with Gasteiger partial charge in [-0.05, 0) is 24.3 Å². The van der Waals surface area contributed by atoms with Crippen molar-refractivity contribution in [2.75, 3.05) is 13.2 Å². The zero-order valence-corrected chi connectivity index (χ0v) is 11.1. The molecule has 0 saturated heterocycles. The summed E-state index contributed by atoms with van der Waals surface area (Å²) >= 11 is 5.97. The third-order valence-electron chi connectivity index (χ3n) is 2.59. The van der Waals surface area contributed by atoms with Crippen molar-refractivity contribution in [3.05, 3.63) is 59.1 Å². The molecule has 0 atom stereocenters. The number of aliphatic hydroxyl groups is 1. The number of benzene rings is 2. The molecule has 0 unspecified atom stereocenters. The predicted molar refractivity (Wildman–Crippen MR) is 74.8 cm³/mol. The molecule has 100 valence electrons. The van der Waals surface area contributed by atoms with Crippen molar-refractivity contribution in [3.63, 3.8) is 0 Å². The molecule has 2 rings (SSSR count). The molecule has 0 aliphatic rings. The van der Waals surface area contributed by atoms with Gasteiger partial charge in [-0.1, -0.05) is 35.9 Å². The highest BCUT2D eigenvalue weighted by Crippen LogP contribution is 2.26. The number of hydrogen-bond acceptors (Lipinski definition) is 3. The zero-order chi connectivity index (χ0) is 13.5. The molecule has 0 saturated carbocycles. The fourth-order valence-corrected chi connectivity index (χ4v) is 1.88. The van der Waals surface area contributed by atoms with E-state index in [4.69, 9.17) is 21.1 Å². The predicted octanol–water partition coefficient (Wildman–Crippen LogP) is 3.29. The SMILES string of the molecule is OCc1c(Cl)cccc1OCCOc1ccccc1. The van der Waals surface area contributed by atoms with Gasteiger partial charge in [0.1, 0.15) is 24.7 Å². The normalized spacial score (nSPS) is 10.2. The summed E-state index contributed by atoms with van der Waals surface area (Å²) in [4.78, 5) is 0. The lowest BCUT2D eigenvalue weighted by Crippen LogP contribution is -2.10. The molecule has 0 amide bonds. The summed E-state index contributed by atoms with van der Waals surface area (Å²) in [6.07, 6.45) is 0. The average molecular weight is 279 g/mol. The molecule has 0 heterocycles. The smallest absolute Gasteiger partial charge is 0.126 e. The Bertz CT molecular complexity index is 514. The summed E-state index contributed by atoms with van der Waals surface area (Å²) in [5.41, 5.74) is 0.601. The first-order valence-electron chi connectivity index (χ1n) is 6.00. The van der Waals surface area contributed by atoms with Crippen molar-refractivity contribution in [2.24, 2.45) is 0 Å². The molecule has 3 nitrogen and oxygen atoms in total. The Morgan fingerprint density at radius 2 is 1.63 bits per heavy atom. The average Bonchev–Trinajstić information content (AvgIpc) is 2.45. The zero-order valence-electron chi connectivity index (χ0n) is 10.4. The molecular formula is C15H15ClO3. The van der Waals surface area contributed by atoms with E-state index in [2.05, 4.69) is 0 Å². The Morgan fingerprint density at radius 1 is 0.895 bits per heavy atom. The van der Waals surface area contributed by atoms with Crippen LogP contribution in [0.4, 0.5) is 0 Å². The van der Waals surface area contributed by atoms with Crippen LogP contribution in [0.3, 0.4) is 0 Å². The van der Waals surface area contributed by atoms with E-state index in [0.29, 0.717) is 29.5 Å². The van der Waals surface area contributed by atoms with Gasteiger partial charge >= 0.3 is 0 Å². The second-order valence-electron chi connectivity index (χ2n) is 3.88. The number of rotatable bonds is 6. The molecule has 0 aromatic heterocycles. The van der Waals surface area contributed by atoms with Crippen LogP contribution in [0.15, 0.2) is 48.5 Å². The molecule has 0 aliphatic carbocycles. The van der Waals surface area contributed by atoms with Gasteiger partial charge in [0.15, 0.2) is 0 Å². The minimum Gasteiger partial charge on any atom is -0.490 e. The van der Waals surface area contributed by atoms with Crippen molar-refractivity contribution in [1.82, 2.24) is 0 Å². The van der Waals surface area contributed by atoms with Crippen LogP contribution in [-0.2, 0) is 6.61 Å². The highest BCUT2D eigenvalue weighted by molar-refractivity contribution is 6.31. The second-order valence-corrected chi connectivity index (χ2v) is 4.29. The molecule has 2 aromatic carbocycles. The van der Waals surface area contributed by atoms with E-state index in [1.165, 1.54) is 0 Å². The number of hydrogen-bond donors (Lipinski definition) is 1. The Morgan fingerprint density at radius 3 is 2.37 bits per heavy atom. The molecule has 19 heavy (non-hydrogen) atoms. The first kappa shape index (κ1) is 13.7. The fourth-order valence-electron chi connectivity index (χ4n) is 1.66. The summed E-state index contributed by atoms with van der Waals surface area (Å²) in [6.45, 7) is 0.679. The number of para-hydroxylation sites is 1. The first-order chi connectivity index (χ1) is 9.31. The Balaban J connectivity index is 1.85. The van der Waals surface area contributed by atoms with E-state index >= 15 is 0 Å². The Kier molecular flexibility index (Phi) is 5.07. The molecule has 1 N–H and O–H groups in total. The third kappa shape index (κ3) is 3.88. The van der Waals surface area contributed by atoms with Gasteiger partial charge < -0.3 is 14.6 Å². The number of aliphatic hydroxyl groups excluding tert-OH is 1. The monoisotopic (exact) mass is 278 g/mol.